The largest absolute Gasteiger partial charge is 0.351 e. The van der Waals surface area contributed by atoms with Crippen LogP contribution in [0.3, 0.4) is 0 Å². The summed E-state index contributed by atoms with van der Waals surface area (Å²) in [7, 11) is 0. The Balaban J connectivity index is 1.60. The van der Waals surface area contributed by atoms with Gasteiger partial charge in [-0.1, -0.05) is 11.2 Å². The van der Waals surface area contributed by atoms with Gasteiger partial charge in [-0.3, -0.25) is 14.6 Å². The normalized spacial score (nSPS) is 23.5. The van der Waals surface area contributed by atoms with E-state index >= 15 is 0 Å². The first-order valence-electron chi connectivity index (χ1n) is 8.09. The van der Waals surface area contributed by atoms with Gasteiger partial charge in [0.05, 0.1) is 17.8 Å². The highest BCUT2D eigenvalue weighted by molar-refractivity contribution is 5.92. The van der Waals surface area contributed by atoms with Crippen molar-refractivity contribution in [2.45, 2.75) is 44.3 Å². The number of rotatable bonds is 4. The Morgan fingerprint density at radius 1 is 1.42 bits per heavy atom. The second-order valence-corrected chi connectivity index (χ2v) is 6.38. The summed E-state index contributed by atoms with van der Waals surface area (Å²) in [6, 6.07) is 5.17. The average Bonchev–Trinajstić information content (AvgIpc) is 3.23. The Labute approximate surface area is 139 Å². The van der Waals surface area contributed by atoms with Crippen molar-refractivity contribution in [1.82, 2.24) is 20.4 Å². The van der Waals surface area contributed by atoms with E-state index in [-0.39, 0.29) is 42.1 Å². The van der Waals surface area contributed by atoms with Crippen LogP contribution in [0.25, 0.3) is 0 Å². The number of nitrogens with one attached hydrogen (secondary N) is 1. The minimum absolute atomic E-state index is 0.0744. The van der Waals surface area contributed by atoms with Gasteiger partial charge < -0.3 is 14.7 Å². The van der Waals surface area contributed by atoms with E-state index in [1.807, 2.05) is 17.0 Å². The van der Waals surface area contributed by atoms with Crippen LogP contribution in [0.15, 0.2) is 35.1 Å². The molecule has 0 bridgehead atoms. The molecule has 1 saturated carbocycles. The van der Waals surface area contributed by atoms with Gasteiger partial charge in [-0.05, 0) is 31.4 Å². The Hall–Kier alpha value is -2.70. The zero-order valence-corrected chi connectivity index (χ0v) is 13.3. The van der Waals surface area contributed by atoms with E-state index in [0.717, 1.165) is 18.4 Å². The van der Waals surface area contributed by atoms with Crippen molar-refractivity contribution in [2.24, 2.45) is 0 Å². The summed E-state index contributed by atoms with van der Waals surface area (Å²) in [6.45, 7) is 1.76. The molecule has 1 N–H and O–H groups in total. The van der Waals surface area contributed by atoms with Gasteiger partial charge in [0, 0.05) is 30.9 Å². The summed E-state index contributed by atoms with van der Waals surface area (Å²) < 4.78 is 5.02. The molecule has 1 saturated heterocycles. The van der Waals surface area contributed by atoms with Crippen LogP contribution in [0.5, 0.6) is 0 Å². The van der Waals surface area contributed by atoms with Gasteiger partial charge in [0.15, 0.2) is 0 Å². The molecular formula is C17H18N4O3. The van der Waals surface area contributed by atoms with E-state index in [9.17, 15) is 9.59 Å². The highest BCUT2D eigenvalue weighted by Gasteiger charge is 2.48. The van der Waals surface area contributed by atoms with Crippen LogP contribution in [-0.4, -0.2) is 38.9 Å². The first-order chi connectivity index (χ1) is 11.6. The van der Waals surface area contributed by atoms with Crippen LogP contribution in [-0.2, 0) is 4.79 Å². The fourth-order valence-electron chi connectivity index (χ4n) is 3.32. The molecule has 1 aliphatic heterocycles. The van der Waals surface area contributed by atoms with E-state index in [4.69, 9.17) is 4.52 Å². The minimum atomic E-state index is -0.347. The number of carbonyl (C=O) groups excluding carboxylic acids is 2. The highest BCUT2D eigenvalue weighted by atomic mass is 16.5. The van der Waals surface area contributed by atoms with Crippen LogP contribution in [0.2, 0.25) is 0 Å². The van der Waals surface area contributed by atoms with Gasteiger partial charge >= 0.3 is 0 Å². The van der Waals surface area contributed by atoms with Gasteiger partial charge in [-0.15, -0.1) is 0 Å². The van der Waals surface area contributed by atoms with Crippen molar-refractivity contribution in [3.05, 3.63) is 47.6 Å². The SMILES string of the molecule is Cc1cc(C(=O)N[C@@H]2CC(=O)N(C3CC3)[C@H]2c2cccnc2)on1. The maximum absolute atomic E-state index is 12.5. The van der Waals surface area contributed by atoms with E-state index in [1.54, 1.807) is 25.4 Å². The third-order valence-electron chi connectivity index (χ3n) is 4.50. The van der Waals surface area contributed by atoms with Crippen molar-refractivity contribution >= 4 is 11.8 Å². The maximum atomic E-state index is 12.5. The molecule has 1 aliphatic carbocycles. The highest BCUT2D eigenvalue weighted by Crippen LogP contribution is 2.41. The number of likely N-dealkylation sites (tertiary alicyclic amines) is 1. The molecule has 0 unspecified atom stereocenters. The van der Waals surface area contributed by atoms with E-state index < -0.39 is 0 Å². The lowest BCUT2D eigenvalue weighted by molar-refractivity contribution is -0.129. The Kier molecular flexibility index (Phi) is 3.55. The summed E-state index contributed by atoms with van der Waals surface area (Å²) in [6.07, 6.45) is 5.78. The standard InChI is InChI=1S/C17H18N4O3/c1-10-7-14(24-20-10)17(23)19-13-8-15(22)21(12-4-5-12)16(13)11-3-2-6-18-9-11/h2-3,6-7,9,12-13,16H,4-5,8H2,1H3,(H,19,23)/t13-,16+/m1/s1. The Morgan fingerprint density at radius 3 is 2.88 bits per heavy atom. The van der Waals surface area contributed by atoms with Crippen molar-refractivity contribution < 1.29 is 14.1 Å². The smallest absolute Gasteiger partial charge is 0.290 e. The number of nitrogens with zero attached hydrogens (tertiary/aromatic N) is 3. The molecule has 0 spiro atoms. The van der Waals surface area contributed by atoms with Gasteiger partial charge in [0.2, 0.25) is 11.7 Å². The molecule has 2 aromatic rings. The molecule has 2 fully saturated rings. The first-order valence-corrected chi connectivity index (χ1v) is 8.09. The molecule has 2 aliphatic rings. The van der Waals surface area contributed by atoms with E-state index in [1.165, 1.54) is 0 Å². The molecule has 24 heavy (non-hydrogen) atoms. The molecule has 2 amide bonds. The molecule has 0 radical (unpaired) electrons. The molecule has 0 aromatic carbocycles. The quantitative estimate of drug-likeness (QED) is 0.922. The summed E-state index contributed by atoms with van der Waals surface area (Å²) in [5.74, 6) is -0.111. The zero-order valence-electron chi connectivity index (χ0n) is 13.3. The molecule has 2 aromatic heterocycles. The van der Waals surface area contributed by atoms with Crippen LogP contribution in [0.4, 0.5) is 0 Å². The molecule has 7 nitrogen and oxygen atoms in total. The van der Waals surface area contributed by atoms with E-state index in [2.05, 4.69) is 15.5 Å². The average molecular weight is 326 g/mol. The minimum Gasteiger partial charge on any atom is -0.351 e. The molecular weight excluding hydrogens is 308 g/mol. The van der Waals surface area contributed by atoms with E-state index in [0.29, 0.717) is 5.69 Å². The first kappa shape index (κ1) is 14.9. The number of hydrogen-bond donors (Lipinski definition) is 1. The lowest BCUT2D eigenvalue weighted by Gasteiger charge is -2.28. The van der Waals surface area contributed by atoms with Crippen LogP contribution < -0.4 is 5.32 Å². The maximum Gasteiger partial charge on any atom is 0.290 e. The summed E-state index contributed by atoms with van der Waals surface area (Å²) in [5, 5.41) is 6.67. The van der Waals surface area contributed by atoms with Gasteiger partial charge in [-0.25, -0.2) is 0 Å². The molecule has 3 heterocycles. The van der Waals surface area contributed by atoms with Crippen LogP contribution >= 0.6 is 0 Å². The third-order valence-corrected chi connectivity index (χ3v) is 4.50. The van der Waals surface area contributed by atoms with Crippen molar-refractivity contribution in [3.8, 4) is 0 Å². The molecule has 2 atom stereocenters. The summed E-state index contributed by atoms with van der Waals surface area (Å²) in [5.41, 5.74) is 1.58. The zero-order chi connectivity index (χ0) is 16.7. The summed E-state index contributed by atoms with van der Waals surface area (Å²) >= 11 is 0. The van der Waals surface area contributed by atoms with Crippen molar-refractivity contribution in [1.29, 1.82) is 0 Å². The van der Waals surface area contributed by atoms with Gasteiger partial charge in [0.25, 0.3) is 5.91 Å². The fraction of sp³-hybridized carbons (Fsp3) is 0.412. The monoisotopic (exact) mass is 326 g/mol. The summed E-state index contributed by atoms with van der Waals surface area (Å²) in [4.78, 5) is 31.0. The van der Waals surface area contributed by atoms with Gasteiger partial charge in [-0.2, -0.15) is 0 Å². The Bertz CT molecular complexity index is 769. The van der Waals surface area contributed by atoms with Crippen LogP contribution in [0, 0.1) is 6.92 Å². The third kappa shape index (κ3) is 2.66. The number of aromatic nitrogens is 2. The molecule has 4 rings (SSSR count). The second kappa shape index (κ2) is 5.74. The fourth-order valence-corrected chi connectivity index (χ4v) is 3.32. The second-order valence-electron chi connectivity index (χ2n) is 6.38. The molecule has 7 heteroatoms. The van der Waals surface area contributed by atoms with Crippen molar-refractivity contribution in [3.63, 3.8) is 0 Å². The number of hydrogen-bond acceptors (Lipinski definition) is 5. The number of carbonyl (C=O) groups is 2. The number of amides is 2. The van der Waals surface area contributed by atoms with Crippen LogP contribution in [0.1, 0.15) is 47.1 Å². The number of pyridine rings is 1. The predicted octanol–water partition coefficient (Wildman–Crippen LogP) is 1.61. The van der Waals surface area contributed by atoms with Crippen molar-refractivity contribution in [2.75, 3.05) is 0 Å². The predicted molar refractivity (Wildman–Crippen MR) is 84.0 cm³/mol. The molecule has 124 valence electrons. The number of aryl methyl sites for hydroxylation is 1. The van der Waals surface area contributed by atoms with Gasteiger partial charge in [0.1, 0.15) is 0 Å². The Morgan fingerprint density at radius 2 is 2.25 bits per heavy atom. The topological polar surface area (TPSA) is 88.3 Å². The lowest BCUT2D eigenvalue weighted by atomic mass is 10.0. The lowest BCUT2D eigenvalue weighted by Crippen LogP contribution is -2.40.